The van der Waals surface area contributed by atoms with Gasteiger partial charge < -0.3 is 4.57 Å². The summed E-state index contributed by atoms with van der Waals surface area (Å²) in [4.78, 5) is 4.47. The molecule has 0 bridgehead atoms. The molecular weight excluding hydrogens is 287 g/mol. The number of rotatable bonds is 7. The fourth-order valence-corrected chi connectivity index (χ4v) is 3.00. The predicted octanol–water partition coefficient (Wildman–Crippen LogP) is 5.34. The molecule has 0 spiro atoms. The Bertz CT molecular complexity index is 592. The van der Waals surface area contributed by atoms with Crippen molar-refractivity contribution in [1.29, 1.82) is 0 Å². The molecule has 4 heteroatoms. The van der Waals surface area contributed by atoms with E-state index in [1.165, 1.54) is 18.9 Å². The molecule has 1 heterocycles. The lowest BCUT2D eigenvalue weighted by Crippen LogP contribution is -2.10. The second kappa shape index (κ2) is 7.26. The van der Waals surface area contributed by atoms with E-state index in [1.54, 1.807) is 6.07 Å². The van der Waals surface area contributed by atoms with Crippen LogP contribution < -0.4 is 0 Å². The van der Waals surface area contributed by atoms with Crippen molar-refractivity contribution in [1.82, 2.24) is 9.55 Å². The highest BCUT2D eigenvalue weighted by molar-refractivity contribution is 6.17. The van der Waals surface area contributed by atoms with E-state index in [1.807, 2.05) is 6.07 Å². The number of alkyl halides is 1. The lowest BCUT2D eigenvalue weighted by Gasteiger charge is -2.18. The molecule has 1 atom stereocenters. The van der Waals surface area contributed by atoms with E-state index in [0.717, 1.165) is 23.7 Å². The first-order valence-electron chi connectivity index (χ1n) is 7.75. The van der Waals surface area contributed by atoms with Gasteiger partial charge in [0.25, 0.3) is 0 Å². The van der Waals surface area contributed by atoms with Gasteiger partial charge in [0.05, 0.1) is 5.52 Å². The smallest absolute Gasteiger partial charge is 0.151 e. The summed E-state index contributed by atoms with van der Waals surface area (Å²) in [7, 11) is 0. The summed E-state index contributed by atoms with van der Waals surface area (Å²) in [6.45, 7) is 6.67. The van der Waals surface area contributed by atoms with Crippen molar-refractivity contribution in [2.45, 2.75) is 52.5 Å². The van der Waals surface area contributed by atoms with Crippen LogP contribution in [0.2, 0.25) is 0 Å². The van der Waals surface area contributed by atoms with Crippen LogP contribution in [0.25, 0.3) is 11.0 Å². The molecule has 0 saturated heterocycles. The number of halogens is 2. The van der Waals surface area contributed by atoms with Gasteiger partial charge in [0.2, 0.25) is 0 Å². The number of imidazole rings is 1. The summed E-state index contributed by atoms with van der Waals surface area (Å²) in [6.07, 6.45) is 4.14. The van der Waals surface area contributed by atoms with Gasteiger partial charge in [-0.3, -0.25) is 0 Å². The molecule has 0 amide bonds. The Morgan fingerprint density at radius 3 is 2.67 bits per heavy atom. The summed E-state index contributed by atoms with van der Waals surface area (Å²) in [5.74, 6) is 1.86. The van der Waals surface area contributed by atoms with Crippen molar-refractivity contribution in [2.24, 2.45) is 5.92 Å². The highest BCUT2D eigenvalue weighted by atomic mass is 35.5. The molecule has 21 heavy (non-hydrogen) atoms. The average molecular weight is 311 g/mol. The van der Waals surface area contributed by atoms with Gasteiger partial charge in [0.15, 0.2) is 5.82 Å². The van der Waals surface area contributed by atoms with E-state index in [-0.39, 0.29) is 5.82 Å². The molecule has 0 aliphatic carbocycles. The number of aryl methyl sites for hydroxylation is 1. The highest BCUT2D eigenvalue weighted by Crippen LogP contribution is 2.27. The number of fused-ring (bicyclic) bond motifs is 1. The molecule has 0 fully saturated rings. The topological polar surface area (TPSA) is 17.8 Å². The van der Waals surface area contributed by atoms with Gasteiger partial charge in [-0.2, -0.15) is 0 Å². The summed E-state index contributed by atoms with van der Waals surface area (Å²) in [6, 6.07) is 5.48. The molecule has 0 N–H and O–H groups in total. The SMILES string of the molecule is CC(C)CCCC(C)n1c(CCCl)nc2c(F)cccc21. The molecule has 116 valence electrons. The van der Waals surface area contributed by atoms with Gasteiger partial charge >= 0.3 is 0 Å². The molecule has 2 nitrogen and oxygen atoms in total. The first kappa shape index (κ1) is 16.3. The Hall–Kier alpha value is -1.09. The minimum absolute atomic E-state index is 0.253. The van der Waals surface area contributed by atoms with E-state index >= 15 is 0 Å². The third-order valence-corrected chi connectivity index (χ3v) is 4.10. The highest BCUT2D eigenvalue weighted by Gasteiger charge is 2.17. The fourth-order valence-electron chi connectivity index (χ4n) is 2.83. The number of hydrogen-bond donors (Lipinski definition) is 0. The number of aromatic nitrogens is 2. The molecule has 0 radical (unpaired) electrons. The maximum atomic E-state index is 13.9. The quantitative estimate of drug-likeness (QED) is 0.631. The molecular formula is C17H24ClFN2. The van der Waals surface area contributed by atoms with Crippen molar-refractivity contribution in [2.75, 3.05) is 5.88 Å². The molecule has 1 aromatic heterocycles. The molecule has 2 aromatic rings. The largest absolute Gasteiger partial charge is 0.325 e. The third kappa shape index (κ3) is 3.76. The minimum atomic E-state index is -0.253. The fraction of sp³-hybridized carbons (Fsp3) is 0.588. The number of para-hydroxylation sites is 1. The van der Waals surface area contributed by atoms with Crippen LogP contribution in [0.15, 0.2) is 18.2 Å². The molecule has 1 unspecified atom stereocenters. The van der Waals surface area contributed by atoms with Gasteiger partial charge in [-0.05, 0) is 31.4 Å². The van der Waals surface area contributed by atoms with Crippen LogP contribution in [0.5, 0.6) is 0 Å². The van der Waals surface area contributed by atoms with Gasteiger partial charge in [-0.1, -0.05) is 32.8 Å². The standard InChI is InChI=1S/C17H24ClFN2/c1-12(2)6-4-7-13(3)21-15-9-5-8-14(19)17(15)20-16(21)10-11-18/h5,8-9,12-13H,4,6-7,10-11H2,1-3H3. The number of nitrogens with zero attached hydrogens (tertiary/aromatic N) is 2. The van der Waals surface area contributed by atoms with E-state index in [2.05, 4.69) is 30.3 Å². The van der Waals surface area contributed by atoms with Gasteiger partial charge in [0, 0.05) is 18.3 Å². The summed E-state index contributed by atoms with van der Waals surface area (Å²) >= 11 is 5.88. The Labute approximate surface area is 131 Å². The van der Waals surface area contributed by atoms with Crippen LogP contribution in [0.1, 0.15) is 51.9 Å². The Morgan fingerprint density at radius 1 is 1.24 bits per heavy atom. The Kier molecular flexibility index (Phi) is 5.63. The van der Waals surface area contributed by atoms with Crippen LogP contribution in [-0.4, -0.2) is 15.4 Å². The van der Waals surface area contributed by atoms with Crippen molar-refractivity contribution in [3.63, 3.8) is 0 Å². The van der Waals surface area contributed by atoms with E-state index in [4.69, 9.17) is 11.6 Å². The van der Waals surface area contributed by atoms with Gasteiger partial charge in [0.1, 0.15) is 11.3 Å². The van der Waals surface area contributed by atoms with E-state index in [9.17, 15) is 4.39 Å². The Balaban J connectivity index is 2.31. The first-order chi connectivity index (χ1) is 10.0. The van der Waals surface area contributed by atoms with Crippen LogP contribution >= 0.6 is 11.6 Å². The zero-order valence-corrected chi connectivity index (χ0v) is 13.8. The van der Waals surface area contributed by atoms with Gasteiger partial charge in [-0.25, -0.2) is 9.37 Å². The second-order valence-corrected chi connectivity index (χ2v) is 6.50. The Morgan fingerprint density at radius 2 is 2.00 bits per heavy atom. The van der Waals surface area contributed by atoms with E-state index in [0.29, 0.717) is 23.9 Å². The zero-order chi connectivity index (χ0) is 15.4. The first-order valence-corrected chi connectivity index (χ1v) is 8.29. The van der Waals surface area contributed by atoms with Crippen LogP contribution in [0.3, 0.4) is 0 Å². The normalized spacial score (nSPS) is 13.2. The van der Waals surface area contributed by atoms with Crippen LogP contribution in [-0.2, 0) is 6.42 Å². The van der Waals surface area contributed by atoms with E-state index < -0.39 is 0 Å². The molecule has 0 aliphatic heterocycles. The average Bonchev–Trinajstić information content (AvgIpc) is 2.78. The summed E-state index contributed by atoms with van der Waals surface area (Å²) in [5, 5.41) is 0. The maximum absolute atomic E-state index is 13.9. The molecule has 0 saturated carbocycles. The molecule has 2 rings (SSSR count). The second-order valence-electron chi connectivity index (χ2n) is 6.12. The zero-order valence-electron chi connectivity index (χ0n) is 13.1. The predicted molar refractivity (Wildman–Crippen MR) is 87.5 cm³/mol. The summed E-state index contributed by atoms with van der Waals surface area (Å²) in [5.41, 5.74) is 1.35. The van der Waals surface area contributed by atoms with Crippen molar-refractivity contribution in [3.05, 3.63) is 29.8 Å². The van der Waals surface area contributed by atoms with Crippen molar-refractivity contribution < 1.29 is 4.39 Å². The van der Waals surface area contributed by atoms with Crippen molar-refractivity contribution in [3.8, 4) is 0 Å². The van der Waals surface area contributed by atoms with Gasteiger partial charge in [-0.15, -0.1) is 11.6 Å². The van der Waals surface area contributed by atoms with Crippen LogP contribution in [0.4, 0.5) is 4.39 Å². The third-order valence-electron chi connectivity index (χ3n) is 3.91. The lowest BCUT2D eigenvalue weighted by molar-refractivity contribution is 0.445. The number of hydrogen-bond acceptors (Lipinski definition) is 1. The number of benzene rings is 1. The lowest BCUT2D eigenvalue weighted by atomic mass is 10.0. The molecule has 0 aliphatic rings. The maximum Gasteiger partial charge on any atom is 0.151 e. The molecule has 1 aromatic carbocycles. The van der Waals surface area contributed by atoms with Crippen molar-refractivity contribution >= 4 is 22.6 Å². The summed E-state index contributed by atoms with van der Waals surface area (Å²) < 4.78 is 16.1. The monoisotopic (exact) mass is 310 g/mol. The van der Waals surface area contributed by atoms with Crippen LogP contribution in [0, 0.1) is 11.7 Å². The minimum Gasteiger partial charge on any atom is -0.325 e.